The Kier molecular flexibility index (Phi) is 7.24. The first-order valence-corrected chi connectivity index (χ1v) is 10.5. The maximum absolute atomic E-state index is 13.8. The summed E-state index contributed by atoms with van der Waals surface area (Å²) >= 11 is 0. The number of nitrogens with one attached hydrogen (secondary N) is 2. The van der Waals surface area contributed by atoms with Crippen LogP contribution in [0.1, 0.15) is 30.1 Å². The number of piperazine rings is 1. The number of nitrogens with two attached hydrogens (primary N) is 1. The Balaban J connectivity index is 1.77. The third-order valence-corrected chi connectivity index (χ3v) is 5.30. The summed E-state index contributed by atoms with van der Waals surface area (Å²) in [6, 6.07) is 2.41. The number of imidazole rings is 1. The van der Waals surface area contributed by atoms with Crippen molar-refractivity contribution in [1.29, 1.82) is 0 Å². The molecule has 1 fully saturated rings. The van der Waals surface area contributed by atoms with Crippen LogP contribution in [0.15, 0.2) is 41.7 Å². The van der Waals surface area contributed by atoms with E-state index in [0.717, 1.165) is 37.7 Å². The van der Waals surface area contributed by atoms with Crippen LogP contribution in [0.4, 0.5) is 10.3 Å². The number of halogens is 1. The van der Waals surface area contributed by atoms with Crippen molar-refractivity contribution in [1.82, 2.24) is 20.2 Å². The Labute approximate surface area is 185 Å². The molecular weight excluding hydrogens is 413 g/mol. The van der Waals surface area contributed by atoms with Crippen LogP contribution in [0, 0.1) is 5.82 Å². The molecule has 1 aliphatic heterocycles. The highest BCUT2D eigenvalue weighted by Crippen LogP contribution is 2.24. The van der Waals surface area contributed by atoms with Gasteiger partial charge in [-0.1, -0.05) is 19.9 Å². The fraction of sp³-hybridized carbons (Fsp3) is 0.364. The van der Waals surface area contributed by atoms with E-state index in [2.05, 4.69) is 38.7 Å². The molecule has 1 aromatic carbocycles. The lowest BCUT2D eigenvalue weighted by Crippen LogP contribution is -2.46. The number of amides is 2. The second kappa shape index (κ2) is 10.1. The van der Waals surface area contributed by atoms with Gasteiger partial charge in [0.2, 0.25) is 5.95 Å². The number of H-pyrrole nitrogens is 1. The fourth-order valence-corrected chi connectivity index (χ4v) is 3.65. The number of hydrogen-bond acceptors (Lipinski definition) is 6. The zero-order valence-corrected chi connectivity index (χ0v) is 18.3. The first-order valence-electron chi connectivity index (χ1n) is 10.5. The number of nitrogens with zero attached hydrogens (tertiary/aromatic N) is 4. The van der Waals surface area contributed by atoms with Gasteiger partial charge >= 0.3 is 0 Å². The van der Waals surface area contributed by atoms with Crippen molar-refractivity contribution >= 4 is 34.5 Å². The van der Waals surface area contributed by atoms with E-state index in [9.17, 15) is 14.0 Å². The summed E-state index contributed by atoms with van der Waals surface area (Å²) in [5.74, 6) is -0.978. The van der Waals surface area contributed by atoms with Crippen LogP contribution in [-0.2, 0) is 4.79 Å². The van der Waals surface area contributed by atoms with Gasteiger partial charge in [0.25, 0.3) is 11.8 Å². The topological polar surface area (TPSA) is 120 Å². The predicted molar refractivity (Wildman–Crippen MR) is 123 cm³/mol. The van der Waals surface area contributed by atoms with E-state index in [4.69, 9.17) is 5.73 Å². The summed E-state index contributed by atoms with van der Waals surface area (Å²) in [5, 5.41) is 2.55. The van der Waals surface area contributed by atoms with Gasteiger partial charge in [0, 0.05) is 45.1 Å². The van der Waals surface area contributed by atoms with Crippen LogP contribution in [0.5, 0.6) is 0 Å². The molecule has 1 aliphatic rings. The zero-order chi connectivity index (χ0) is 23.3. The quantitative estimate of drug-likeness (QED) is 0.541. The highest BCUT2D eigenvalue weighted by atomic mass is 19.1. The predicted octanol–water partition coefficient (Wildman–Crippen LogP) is 1.94. The Bertz CT molecular complexity index is 1080. The second-order valence-corrected chi connectivity index (χ2v) is 7.42. The molecule has 0 saturated carbocycles. The van der Waals surface area contributed by atoms with Gasteiger partial charge in [-0.2, -0.15) is 0 Å². The first kappa shape index (κ1) is 23.0. The SMILES string of the molecule is C=C/C(=N\C=C(/CCC)N1CCN(c2nc3c(C(N)=O)cc(F)cc3[nH]2)CC1)C(=O)NC. The molecule has 0 radical (unpaired) electrons. The van der Waals surface area contributed by atoms with Crippen molar-refractivity contribution in [3.63, 3.8) is 0 Å². The zero-order valence-electron chi connectivity index (χ0n) is 18.3. The molecule has 2 aromatic rings. The van der Waals surface area contributed by atoms with Crippen molar-refractivity contribution in [2.75, 3.05) is 38.1 Å². The van der Waals surface area contributed by atoms with Gasteiger partial charge in [-0.25, -0.2) is 14.4 Å². The third-order valence-electron chi connectivity index (χ3n) is 5.30. The van der Waals surface area contributed by atoms with Gasteiger partial charge in [-0.15, -0.1) is 0 Å². The molecule has 10 heteroatoms. The molecule has 1 aromatic heterocycles. The van der Waals surface area contributed by atoms with Crippen LogP contribution in [0.25, 0.3) is 11.0 Å². The molecule has 0 unspecified atom stereocenters. The van der Waals surface area contributed by atoms with Crippen molar-refractivity contribution in [3.8, 4) is 0 Å². The second-order valence-electron chi connectivity index (χ2n) is 7.42. The summed E-state index contributed by atoms with van der Waals surface area (Å²) in [4.78, 5) is 39.7. The smallest absolute Gasteiger partial charge is 0.269 e. The molecule has 32 heavy (non-hydrogen) atoms. The van der Waals surface area contributed by atoms with Crippen molar-refractivity contribution < 1.29 is 14.0 Å². The van der Waals surface area contributed by atoms with Crippen LogP contribution >= 0.6 is 0 Å². The van der Waals surface area contributed by atoms with E-state index in [1.807, 2.05) is 4.90 Å². The summed E-state index contributed by atoms with van der Waals surface area (Å²) in [6.45, 7) is 8.52. The van der Waals surface area contributed by atoms with Gasteiger partial charge in [0.15, 0.2) is 0 Å². The maximum atomic E-state index is 13.8. The van der Waals surface area contributed by atoms with Gasteiger partial charge in [-0.05, 0) is 24.6 Å². The standard InChI is InChI=1S/C22H28FN7O2/c1-4-6-15(13-26-17(5-2)21(32)25-3)29-7-9-30(10-8-29)22-27-18-12-14(23)11-16(20(24)31)19(18)28-22/h5,11-13H,2,4,6-10H2,1,3H3,(H2,24,31)(H,25,32)(H,27,28)/b15-13+,26-17+. The average molecular weight is 442 g/mol. The van der Waals surface area contributed by atoms with Crippen LogP contribution in [-0.4, -0.2) is 65.6 Å². The number of allylic oxidation sites excluding steroid dienone is 1. The molecule has 170 valence electrons. The van der Waals surface area contributed by atoms with Crippen LogP contribution in [0.2, 0.25) is 0 Å². The molecule has 4 N–H and O–H groups in total. The minimum Gasteiger partial charge on any atom is -0.370 e. The lowest BCUT2D eigenvalue weighted by molar-refractivity contribution is -0.114. The van der Waals surface area contributed by atoms with E-state index in [1.54, 1.807) is 13.2 Å². The summed E-state index contributed by atoms with van der Waals surface area (Å²) in [7, 11) is 1.55. The van der Waals surface area contributed by atoms with Gasteiger partial charge in [-0.3, -0.25) is 9.59 Å². The number of benzene rings is 1. The largest absolute Gasteiger partial charge is 0.370 e. The van der Waals surface area contributed by atoms with Crippen molar-refractivity contribution in [2.24, 2.45) is 10.7 Å². The maximum Gasteiger partial charge on any atom is 0.269 e. The number of rotatable bonds is 8. The number of aromatic amines is 1. The summed E-state index contributed by atoms with van der Waals surface area (Å²) < 4.78 is 13.8. The number of carbonyl (C=O) groups excluding carboxylic acids is 2. The molecule has 0 atom stereocenters. The highest BCUT2D eigenvalue weighted by molar-refractivity contribution is 6.43. The fourth-order valence-electron chi connectivity index (χ4n) is 3.65. The van der Waals surface area contributed by atoms with Gasteiger partial charge < -0.3 is 25.8 Å². The monoisotopic (exact) mass is 441 g/mol. The van der Waals surface area contributed by atoms with Gasteiger partial charge in [0.1, 0.15) is 17.0 Å². The summed E-state index contributed by atoms with van der Waals surface area (Å²) in [6.07, 6.45) is 4.93. The molecule has 2 amide bonds. The van der Waals surface area contributed by atoms with Gasteiger partial charge in [0.05, 0.1) is 11.1 Å². The molecule has 3 rings (SSSR count). The van der Waals surface area contributed by atoms with Crippen molar-refractivity contribution in [3.05, 3.63) is 48.1 Å². The average Bonchev–Trinajstić information content (AvgIpc) is 3.21. The molecule has 9 nitrogen and oxygen atoms in total. The van der Waals surface area contributed by atoms with E-state index in [-0.39, 0.29) is 17.2 Å². The molecule has 0 spiro atoms. The first-order chi connectivity index (χ1) is 15.4. The third kappa shape index (κ3) is 4.96. The van der Waals surface area contributed by atoms with Crippen LogP contribution in [0.3, 0.4) is 0 Å². The lowest BCUT2D eigenvalue weighted by atomic mass is 10.1. The number of carbonyl (C=O) groups is 2. The molecular formula is C22H28FN7O2. The van der Waals surface area contributed by atoms with E-state index in [0.29, 0.717) is 30.1 Å². The minimum absolute atomic E-state index is 0.0568. The van der Waals surface area contributed by atoms with E-state index < -0.39 is 11.7 Å². The number of aliphatic imine (C=N–C) groups is 1. The van der Waals surface area contributed by atoms with Crippen LogP contribution < -0.4 is 16.0 Å². The number of hydrogen-bond donors (Lipinski definition) is 3. The Morgan fingerprint density at radius 2 is 2.06 bits per heavy atom. The van der Waals surface area contributed by atoms with E-state index in [1.165, 1.54) is 12.1 Å². The molecule has 2 heterocycles. The minimum atomic E-state index is -0.720. The Hall–Kier alpha value is -3.69. The number of primary amides is 1. The summed E-state index contributed by atoms with van der Waals surface area (Å²) in [5.41, 5.74) is 7.53. The van der Waals surface area contributed by atoms with E-state index >= 15 is 0 Å². The highest BCUT2D eigenvalue weighted by Gasteiger charge is 2.22. The normalized spacial score (nSPS) is 15.2. The number of aromatic nitrogens is 2. The number of anilines is 1. The molecule has 0 bridgehead atoms. The molecule has 0 aliphatic carbocycles. The van der Waals surface area contributed by atoms with Crippen molar-refractivity contribution in [2.45, 2.75) is 19.8 Å². The molecule has 1 saturated heterocycles. The Morgan fingerprint density at radius 3 is 2.66 bits per heavy atom. The number of fused-ring (bicyclic) bond motifs is 1. The Morgan fingerprint density at radius 1 is 1.34 bits per heavy atom. The lowest BCUT2D eigenvalue weighted by Gasteiger charge is -2.37.